The molecule has 0 bridgehead atoms. The van der Waals surface area contributed by atoms with E-state index in [1.54, 1.807) is 31.3 Å². The fourth-order valence-corrected chi connectivity index (χ4v) is 3.38. The number of anilines is 1. The number of thiazole rings is 1. The highest BCUT2D eigenvalue weighted by atomic mass is 32.1. The van der Waals surface area contributed by atoms with Crippen LogP contribution >= 0.6 is 11.3 Å². The van der Waals surface area contributed by atoms with Crippen molar-refractivity contribution in [2.24, 2.45) is 0 Å². The maximum absolute atomic E-state index is 12.7. The Labute approximate surface area is 149 Å². The van der Waals surface area contributed by atoms with Crippen molar-refractivity contribution < 1.29 is 9.59 Å². The molecule has 3 aromatic rings. The number of para-hydroxylation sites is 1. The molecule has 1 heterocycles. The standard InChI is InChI=1S/C19H17N3O2S/c1-12-16(25-19(21-12)13-8-4-3-5-9-13)18(24)22-15-11-7-6-10-14(15)17(23)20-2/h3-11H,1-2H3,(H,20,23)(H,22,24). The Morgan fingerprint density at radius 1 is 0.960 bits per heavy atom. The zero-order valence-corrected chi connectivity index (χ0v) is 14.7. The number of carbonyl (C=O) groups is 2. The van der Waals surface area contributed by atoms with Crippen molar-refractivity contribution in [3.05, 3.63) is 70.7 Å². The van der Waals surface area contributed by atoms with Crippen LogP contribution in [0, 0.1) is 6.92 Å². The molecule has 6 heteroatoms. The number of nitrogens with zero attached hydrogens (tertiary/aromatic N) is 1. The van der Waals surface area contributed by atoms with Crippen molar-refractivity contribution in [2.75, 3.05) is 12.4 Å². The molecule has 0 aliphatic carbocycles. The van der Waals surface area contributed by atoms with Crippen LogP contribution in [0.4, 0.5) is 5.69 Å². The van der Waals surface area contributed by atoms with E-state index < -0.39 is 0 Å². The third-order valence-corrected chi connectivity index (χ3v) is 4.88. The van der Waals surface area contributed by atoms with Crippen LogP contribution in [0.5, 0.6) is 0 Å². The summed E-state index contributed by atoms with van der Waals surface area (Å²) in [5.74, 6) is -0.518. The summed E-state index contributed by atoms with van der Waals surface area (Å²) >= 11 is 1.34. The molecule has 0 unspecified atom stereocenters. The minimum Gasteiger partial charge on any atom is -0.355 e. The normalized spacial score (nSPS) is 10.3. The largest absolute Gasteiger partial charge is 0.355 e. The van der Waals surface area contributed by atoms with Crippen LogP contribution in [-0.4, -0.2) is 23.8 Å². The number of amides is 2. The smallest absolute Gasteiger partial charge is 0.267 e. The van der Waals surface area contributed by atoms with E-state index in [1.807, 2.05) is 37.3 Å². The van der Waals surface area contributed by atoms with Gasteiger partial charge in [-0.3, -0.25) is 9.59 Å². The molecule has 2 aromatic carbocycles. The number of rotatable bonds is 4. The van der Waals surface area contributed by atoms with Crippen molar-refractivity contribution >= 4 is 28.8 Å². The van der Waals surface area contributed by atoms with Crippen LogP contribution in [0.15, 0.2) is 54.6 Å². The lowest BCUT2D eigenvalue weighted by Crippen LogP contribution is -2.21. The van der Waals surface area contributed by atoms with Crippen LogP contribution in [0.1, 0.15) is 25.7 Å². The van der Waals surface area contributed by atoms with Crippen LogP contribution in [0.25, 0.3) is 10.6 Å². The molecule has 0 saturated carbocycles. The fraction of sp³-hybridized carbons (Fsp3) is 0.105. The average molecular weight is 351 g/mol. The van der Waals surface area contributed by atoms with Gasteiger partial charge in [-0.25, -0.2) is 4.98 Å². The molecule has 1 aromatic heterocycles. The SMILES string of the molecule is CNC(=O)c1ccccc1NC(=O)c1sc(-c2ccccc2)nc1C. The summed E-state index contributed by atoms with van der Waals surface area (Å²) in [4.78, 5) is 29.6. The highest BCUT2D eigenvalue weighted by Gasteiger charge is 2.18. The Balaban J connectivity index is 1.88. The van der Waals surface area contributed by atoms with Gasteiger partial charge in [0, 0.05) is 12.6 Å². The summed E-state index contributed by atoms with van der Waals surface area (Å²) in [7, 11) is 1.56. The number of aromatic nitrogens is 1. The van der Waals surface area contributed by atoms with Gasteiger partial charge in [-0.15, -0.1) is 11.3 Å². The van der Waals surface area contributed by atoms with Gasteiger partial charge in [0.15, 0.2) is 0 Å². The molecule has 5 nitrogen and oxygen atoms in total. The molecule has 0 radical (unpaired) electrons. The van der Waals surface area contributed by atoms with Crippen molar-refractivity contribution in [3.63, 3.8) is 0 Å². The summed E-state index contributed by atoms with van der Waals surface area (Å²) in [5, 5.41) is 6.18. The fourth-order valence-electron chi connectivity index (χ4n) is 2.42. The van der Waals surface area contributed by atoms with E-state index in [2.05, 4.69) is 15.6 Å². The van der Waals surface area contributed by atoms with Crippen molar-refractivity contribution in [2.45, 2.75) is 6.92 Å². The van der Waals surface area contributed by atoms with Crippen molar-refractivity contribution in [1.29, 1.82) is 0 Å². The lowest BCUT2D eigenvalue weighted by molar-refractivity contribution is 0.0964. The number of hydrogen-bond acceptors (Lipinski definition) is 4. The molecule has 126 valence electrons. The molecular weight excluding hydrogens is 334 g/mol. The Hall–Kier alpha value is -2.99. The topological polar surface area (TPSA) is 71.1 Å². The van der Waals surface area contributed by atoms with Crippen LogP contribution in [-0.2, 0) is 0 Å². The maximum atomic E-state index is 12.7. The minimum atomic E-state index is -0.270. The van der Waals surface area contributed by atoms with Gasteiger partial charge in [0.25, 0.3) is 11.8 Å². The summed E-state index contributed by atoms with van der Waals surface area (Å²) in [6.07, 6.45) is 0. The van der Waals surface area contributed by atoms with E-state index in [1.165, 1.54) is 11.3 Å². The maximum Gasteiger partial charge on any atom is 0.267 e. The van der Waals surface area contributed by atoms with Gasteiger partial charge in [-0.2, -0.15) is 0 Å². The molecule has 0 fully saturated rings. The van der Waals surface area contributed by atoms with E-state index in [0.29, 0.717) is 21.8 Å². The van der Waals surface area contributed by atoms with Gasteiger partial charge >= 0.3 is 0 Å². The zero-order chi connectivity index (χ0) is 17.8. The molecule has 0 spiro atoms. The van der Waals surface area contributed by atoms with Gasteiger partial charge in [0.1, 0.15) is 9.88 Å². The van der Waals surface area contributed by atoms with Gasteiger partial charge in [-0.1, -0.05) is 42.5 Å². The number of benzene rings is 2. The molecule has 0 aliphatic rings. The predicted molar refractivity (Wildman–Crippen MR) is 100 cm³/mol. The summed E-state index contributed by atoms with van der Waals surface area (Å²) in [6.45, 7) is 1.81. The highest BCUT2D eigenvalue weighted by molar-refractivity contribution is 7.17. The zero-order valence-electron chi connectivity index (χ0n) is 13.9. The Bertz CT molecular complexity index is 919. The van der Waals surface area contributed by atoms with Gasteiger partial charge in [0.2, 0.25) is 0 Å². The second-order valence-corrected chi connectivity index (χ2v) is 6.38. The second-order valence-electron chi connectivity index (χ2n) is 5.38. The van der Waals surface area contributed by atoms with Crippen molar-refractivity contribution in [1.82, 2.24) is 10.3 Å². The van der Waals surface area contributed by atoms with Crippen molar-refractivity contribution in [3.8, 4) is 10.6 Å². The Morgan fingerprint density at radius 2 is 1.64 bits per heavy atom. The van der Waals surface area contributed by atoms with Gasteiger partial charge < -0.3 is 10.6 Å². The summed E-state index contributed by atoms with van der Waals surface area (Å²) < 4.78 is 0. The molecular formula is C19H17N3O2S. The first-order valence-corrected chi connectivity index (χ1v) is 8.57. The third-order valence-electron chi connectivity index (χ3n) is 3.67. The van der Waals surface area contributed by atoms with Crippen LogP contribution in [0.3, 0.4) is 0 Å². The van der Waals surface area contributed by atoms with E-state index >= 15 is 0 Å². The van der Waals surface area contributed by atoms with E-state index in [0.717, 1.165) is 10.6 Å². The van der Waals surface area contributed by atoms with Crippen LogP contribution in [0.2, 0.25) is 0 Å². The molecule has 3 rings (SSSR count). The molecule has 0 aliphatic heterocycles. The number of carbonyl (C=O) groups excluding carboxylic acids is 2. The van der Waals surface area contributed by atoms with Crippen LogP contribution < -0.4 is 10.6 Å². The lowest BCUT2D eigenvalue weighted by atomic mass is 10.1. The molecule has 0 atom stereocenters. The first-order valence-electron chi connectivity index (χ1n) is 7.75. The van der Waals surface area contributed by atoms with Gasteiger partial charge in [0.05, 0.1) is 16.9 Å². The molecule has 2 N–H and O–H groups in total. The minimum absolute atomic E-state index is 0.248. The number of aryl methyl sites for hydroxylation is 1. The van der Waals surface area contributed by atoms with E-state index in [-0.39, 0.29) is 11.8 Å². The lowest BCUT2D eigenvalue weighted by Gasteiger charge is -2.09. The highest BCUT2D eigenvalue weighted by Crippen LogP contribution is 2.28. The van der Waals surface area contributed by atoms with E-state index in [9.17, 15) is 9.59 Å². The van der Waals surface area contributed by atoms with Gasteiger partial charge in [-0.05, 0) is 19.1 Å². The summed E-state index contributed by atoms with van der Waals surface area (Å²) in [5.41, 5.74) is 2.53. The summed E-state index contributed by atoms with van der Waals surface area (Å²) in [6, 6.07) is 16.6. The quantitative estimate of drug-likeness (QED) is 0.752. The first-order chi connectivity index (χ1) is 12.1. The first kappa shape index (κ1) is 16.9. The van der Waals surface area contributed by atoms with E-state index in [4.69, 9.17) is 0 Å². The Morgan fingerprint density at radius 3 is 2.36 bits per heavy atom. The second kappa shape index (κ2) is 7.27. The molecule has 0 saturated heterocycles. The monoisotopic (exact) mass is 351 g/mol. The number of hydrogen-bond donors (Lipinski definition) is 2. The molecule has 2 amide bonds. The molecule has 25 heavy (non-hydrogen) atoms. The third kappa shape index (κ3) is 3.59. The Kier molecular flexibility index (Phi) is 4.90. The predicted octanol–water partition coefficient (Wildman–Crippen LogP) is 3.73. The number of nitrogens with one attached hydrogen (secondary N) is 2. The average Bonchev–Trinajstić information content (AvgIpc) is 3.04.